The molecule has 1 aliphatic rings. The van der Waals surface area contributed by atoms with Crippen molar-refractivity contribution in [2.24, 2.45) is 0 Å². The molecule has 2 aromatic carbocycles. The summed E-state index contributed by atoms with van der Waals surface area (Å²) < 4.78 is 6.48. The number of hydrogen-bond acceptors (Lipinski definition) is 4. The summed E-state index contributed by atoms with van der Waals surface area (Å²) in [4.78, 5) is 30.3. The molecule has 4 rings (SSSR count). The Labute approximate surface area is 150 Å². The maximum atomic E-state index is 13.0. The molecule has 0 radical (unpaired) electrons. The maximum Gasteiger partial charge on any atom is 0.280 e. The van der Waals surface area contributed by atoms with Crippen molar-refractivity contribution in [1.29, 1.82) is 0 Å². The van der Waals surface area contributed by atoms with Gasteiger partial charge in [0.25, 0.3) is 11.5 Å². The fraction of sp³-hybridized carbons (Fsp3) is 0.250. The SMILES string of the molecule is COc1cccc(C(=O)Nn2c(C3CCC3)nc3ccccc3c2=O)c1. The topological polar surface area (TPSA) is 73.2 Å². The van der Waals surface area contributed by atoms with E-state index < -0.39 is 0 Å². The van der Waals surface area contributed by atoms with Crippen LogP contribution in [0.1, 0.15) is 41.4 Å². The molecule has 1 saturated carbocycles. The van der Waals surface area contributed by atoms with Gasteiger partial charge in [-0.1, -0.05) is 24.6 Å². The van der Waals surface area contributed by atoms with E-state index in [9.17, 15) is 9.59 Å². The van der Waals surface area contributed by atoms with Gasteiger partial charge in [0.05, 0.1) is 18.0 Å². The van der Waals surface area contributed by atoms with E-state index in [1.165, 1.54) is 4.68 Å². The highest BCUT2D eigenvalue weighted by atomic mass is 16.5. The standard InChI is InChI=1S/C20H19N3O3/c1-26-15-9-5-8-14(12-15)19(24)22-23-18(13-6-4-7-13)21-17-11-3-2-10-16(17)20(23)25/h2-3,5,8-13H,4,6-7H2,1H3,(H,22,24). The van der Waals surface area contributed by atoms with Gasteiger partial charge in [0.2, 0.25) is 0 Å². The number of aromatic nitrogens is 2. The highest BCUT2D eigenvalue weighted by Gasteiger charge is 2.26. The van der Waals surface area contributed by atoms with Crippen LogP contribution in [0.15, 0.2) is 53.3 Å². The van der Waals surface area contributed by atoms with Crippen molar-refractivity contribution in [2.45, 2.75) is 25.2 Å². The molecule has 1 N–H and O–H groups in total. The van der Waals surface area contributed by atoms with Gasteiger partial charge in [-0.3, -0.25) is 15.0 Å². The number of carbonyl (C=O) groups excluding carboxylic acids is 1. The molecular weight excluding hydrogens is 330 g/mol. The van der Waals surface area contributed by atoms with Gasteiger partial charge in [-0.2, -0.15) is 0 Å². The van der Waals surface area contributed by atoms with E-state index in [0.717, 1.165) is 19.3 Å². The Kier molecular flexibility index (Phi) is 4.16. The van der Waals surface area contributed by atoms with E-state index in [-0.39, 0.29) is 17.4 Å². The van der Waals surface area contributed by atoms with Crippen molar-refractivity contribution >= 4 is 16.8 Å². The predicted molar refractivity (Wildman–Crippen MR) is 99.3 cm³/mol. The Hall–Kier alpha value is -3.15. The van der Waals surface area contributed by atoms with E-state index in [2.05, 4.69) is 10.4 Å². The number of ether oxygens (including phenoxy) is 1. The number of carbonyl (C=O) groups is 1. The highest BCUT2D eigenvalue weighted by Crippen LogP contribution is 2.35. The van der Waals surface area contributed by atoms with Gasteiger partial charge in [0.15, 0.2) is 0 Å². The first-order valence-corrected chi connectivity index (χ1v) is 8.64. The second-order valence-corrected chi connectivity index (χ2v) is 6.43. The third kappa shape index (κ3) is 2.83. The average molecular weight is 349 g/mol. The third-order valence-corrected chi connectivity index (χ3v) is 4.82. The number of nitrogens with zero attached hydrogens (tertiary/aromatic N) is 2. The molecule has 0 unspecified atom stereocenters. The quantitative estimate of drug-likeness (QED) is 0.786. The van der Waals surface area contributed by atoms with E-state index in [4.69, 9.17) is 4.74 Å². The number of nitrogens with one attached hydrogen (secondary N) is 1. The van der Waals surface area contributed by atoms with Crippen LogP contribution < -0.4 is 15.7 Å². The van der Waals surface area contributed by atoms with Crippen molar-refractivity contribution in [3.63, 3.8) is 0 Å². The van der Waals surface area contributed by atoms with Crippen LogP contribution in [-0.2, 0) is 0 Å². The largest absolute Gasteiger partial charge is 0.497 e. The first-order valence-electron chi connectivity index (χ1n) is 8.64. The van der Waals surface area contributed by atoms with Crippen LogP contribution in [0.25, 0.3) is 10.9 Å². The molecule has 6 heteroatoms. The summed E-state index contributed by atoms with van der Waals surface area (Å²) in [5, 5.41) is 0.488. The van der Waals surface area contributed by atoms with Crippen LogP contribution >= 0.6 is 0 Å². The van der Waals surface area contributed by atoms with Gasteiger partial charge in [-0.25, -0.2) is 9.66 Å². The minimum atomic E-state index is -0.372. The first-order chi connectivity index (χ1) is 12.7. The van der Waals surface area contributed by atoms with E-state index in [1.807, 2.05) is 12.1 Å². The predicted octanol–water partition coefficient (Wildman–Crippen LogP) is 3.06. The zero-order valence-electron chi connectivity index (χ0n) is 14.4. The van der Waals surface area contributed by atoms with E-state index in [0.29, 0.717) is 28.0 Å². The van der Waals surface area contributed by atoms with Crippen molar-refractivity contribution in [1.82, 2.24) is 9.66 Å². The number of para-hydroxylation sites is 1. The van der Waals surface area contributed by atoms with Gasteiger partial charge < -0.3 is 4.74 Å². The first kappa shape index (κ1) is 16.3. The van der Waals surface area contributed by atoms with Crippen LogP contribution in [0.2, 0.25) is 0 Å². The fourth-order valence-corrected chi connectivity index (χ4v) is 3.13. The number of fused-ring (bicyclic) bond motifs is 1. The molecule has 1 heterocycles. The molecular formula is C20H19N3O3. The molecule has 0 bridgehead atoms. The number of hydrogen-bond donors (Lipinski definition) is 1. The van der Waals surface area contributed by atoms with Crippen molar-refractivity contribution in [3.05, 3.63) is 70.3 Å². The smallest absolute Gasteiger partial charge is 0.280 e. The maximum absolute atomic E-state index is 13.0. The lowest BCUT2D eigenvalue weighted by Crippen LogP contribution is -2.38. The lowest BCUT2D eigenvalue weighted by molar-refractivity contribution is 0.100. The van der Waals surface area contributed by atoms with Crippen molar-refractivity contribution in [3.8, 4) is 5.75 Å². The summed E-state index contributed by atoms with van der Waals surface area (Å²) >= 11 is 0. The Balaban J connectivity index is 1.78. The minimum absolute atomic E-state index is 0.193. The zero-order valence-corrected chi connectivity index (χ0v) is 14.4. The summed E-state index contributed by atoms with van der Waals surface area (Å²) in [6.45, 7) is 0. The number of methoxy groups -OCH3 is 1. The molecule has 1 aromatic heterocycles. The molecule has 1 fully saturated rings. The Morgan fingerprint density at radius 1 is 1.19 bits per heavy atom. The molecule has 0 spiro atoms. The summed E-state index contributed by atoms with van der Waals surface area (Å²) in [5.74, 6) is 1.03. The molecule has 0 atom stereocenters. The Morgan fingerprint density at radius 2 is 2.00 bits per heavy atom. The molecule has 1 aliphatic carbocycles. The zero-order chi connectivity index (χ0) is 18.1. The Morgan fingerprint density at radius 3 is 2.73 bits per heavy atom. The summed E-state index contributed by atoms with van der Waals surface area (Å²) in [7, 11) is 1.55. The molecule has 26 heavy (non-hydrogen) atoms. The van der Waals surface area contributed by atoms with Crippen LogP contribution in [-0.4, -0.2) is 22.7 Å². The van der Waals surface area contributed by atoms with Crippen LogP contribution in [0, 0.1) is 0 Å². The second-order valence-electron chi connectivity index (χ2n) is 6.43. The number of benzene rings is 2. The fourth-order valence-electron chi connectivity index (χ4n) is 3.13. The van der Waals surface area contributed by atoms with E-state index in [1.54, 1.807) is 43.5 Å². The van der Waals surface area contributed by atoms with E-state index >= 15 is 0 Å². The minimum Gasteiger partial charge on any atom is -0.497 e. The molecule has 3 aromatic rings. The lowest BCUT2D eigenvalue weighted by Gasteiger charge is -2.27. The summed E-state index contributed by atoms with van der Waals surface area (Å²) in [6, 6.07) is 14.0. The highest BCUT2D eigenvalue weighted by molar-refractivity contribution is 6.00. The number of amides is 1. The molecule has 0 aliphatic heterocycles. The van der Waals surface area contributed by atoms with Gasteiger partial charge in [-0.05, 0) is 43.2 Å². The molecule has 1 amide bonds. The molecule has 0 saturated heterocycles. The van der Waals surface area contributed by atoms with Crippen LogP contribution in [0.3, 0.4) is 0 Å². The van der Waals surface area contributed by atoms with Crippen LogP contribution in [0.5, 0.6) is 5.75 Å². The molecule has 6 nitrogen and oxygen atoms in total. The monoisotopic (exact) mass is 349 g/mol. The van der Waals surface area contributed by atoms with Crippen molar-refractivity contribution < 1.29 is 9.53 Å². The third-order valence-electron chi connectivity index (χ3n) is 4.82. The van der Waals surface area contributed by atoms with Gasteiger partial charge >= 0.3 is 0 Å². The normalized spacial score (nSPS) is 14.0. The van der Waals surface area contributed by atoms with Crippen LogP contribution in [0.4, 0.5) is 0 Å². The van der Waals surface area contributed by atoms with Gasteiger partial charge in [-0.15, -0.1) is 0 Å². The summed E-state index contributed by atoms with van der Waals surface area (Å²) in [5.41, 5.74) is 3.56. The number of rotatable bonds is 4. The second kappa shape index (κ2) is 6.63. The van der Waals surface area contributed by atoms with Gasteiger partial charge in [0.1, 0.15) is 11.6 Å². The molecule has 132 valence electrons. The van der Waals surface area contributed by atoms with Crippen molar-refractivity contribution in [2.75, 3.05) is 12.5 Å². The Bertz CT molecular complexity index is 1040. The average Bonchev–Trinajstić information content (AvgIpc) is 2.63. The van der Waals surface area contributed by atoms with Gasteiger partial charge in [0, 0.05) is 11.5 Å². The lowest BCUT2D eigenvalue weighted by atomic mass is 9.84. The summed E-state index contributed by atoms with van der Waals surface area (Å²) in [6.07, 6.45) is 3.05.